The number of hydrogen-bond acceptors (Lipinski definition) is 3. The van der Waals surface area contributed by atoms with Crippen LogP contribution in [-0.4, -0.2) is 42.0 Å². The van der Waals surface area contributed by atoms with E-state index in [9.17, 15) is 4.79 Å². The van der Waals surface area contributed by atoms with Crippen LogP contribution in [0.1, 0.15) is 64.7 Å². The Bertz CT molecular complexity index is 322. The van der Waals surface area contributed by atoms with Crippen molar-refractivity contribution in [1.29, 1.82) is 0 Å². The Morgan fingerprint density at radius 3 is 2.30 bits per heavy atom. The van der Waals surface area contributed by atoms with Gasteiger partial charge < -0.3 is 16.0 Å². The van der Waals surface area contributed by atoms with Gasteiger partial charge in [0.05, 0.1) is 5.54 Å². The van der Waals surface area contributed by atoms with Crippen LogP contribution >= 0.6 is 0 Å². The average molecular weight is 281 g/mol. The Morgan fingerprint density at radius 1 is 1.20 bits per heavy atom. The number of rotatable bonds is 7. The lowest BCUT2D eigenvalue weighted by molar-refractivity contribution is -0.124. The molecule has 3 N–H and O–H groups in total. The van der Waals surface area contributed by atoms with E-state index in [0.29, 0.717) is 12.1 Å². The summed E-state index contributed by atoms with van der Waals surface area (Å²) in [6, 6.07) is 1.20. The van der Waals surface area contributed by atoms with Gasteiger partial charge in [0.1, 0.15) is 0 Å². The topological polar surface area (TPSA) is 58.4 Å². The Morgan fingerprint density at radius 2 is 1.80 bits per heavy atom. The van der Waals surface area contributed by atoms with Crippen molar-refractivity contribution in [3.8, 4) is 0 Å². The number of amides is 1. The van der Waals surface area contributed by atoms with Crippen LogP contribution in [-0.2, 0) is 4.79 Å². The zero-order valence-electron chi connectivity index (χ0n) is 13.2. The minimum atomic E-state index is -0.542. The second-order valence-corrected chi connectivity index (χ2v) is 6.99. The molecule has 0 bridgehead atoms. The molecule has 0 spiro atoms. The molecule has 0 aromatic rings. The fourth-order valence-corrected chi connectivity index (χ4v) is 3.23. The van der Waals surface area contributed by atoms with E-state index >= 15 is 0 Å². The molecule has 2 saturated carbocycles. The average Bonchev–Trinajstić information content (AvgIpc) is 3.21. The van der Waals surface area contributed by atoms with E-state index in [4.69, 9.17) is 5.73 Å². The first-order chi connectivity index (χ1) is 9.51. The van der Waals surface area contributed by atoms with E-state index in [1.807, 2.05) is 6.92 Å². The fraction of sp³-hybridized carbons (Fsp3) is 0.938. The van der Waals surface area contributed by atoms with Crippen molar-refractivity contribution in [3.63, 3.8) is 0 Å². The van der Waals surface area contributed by atoms with Gasteiger partial charge >= 0.3 is 0 Å². The van der Waals surface area contributed by atoms with Gasteiger partial charge in [0.15, 0.2) is 0 Å². The normalized spacial score (nSPS) is 24.4. The minimum absolute atomic E-state index is 0.210. The van der Waals surface area contributed by atoms with E-state index in [0.717, 1.165) is 13.0 Å². The molecule has 0 heterocycles. The summed E-state index contributed by atoms with van der Waals surface area (Å²) < 4.78 is 0. The molecule has 1 amide bonds. The molecule has 1 unspecified atom stereocenters. The molecular formula is C16H31N3O. The minimum Gasteiger partial charge on any atom is -0.368 e. The van der Waals surface area contributed by atoms with Crippen LogP contribution in [0.2, 0.25) is 0 Å². The van der Waals surface area contributed by atoms with Crippen LogP contribution in [0.15, 0.2) is 0 Å². The molecule has 116 valence electrons. The van der Waals surface area contributed by atoms with Gasteiger partial charge in [-0.2, -0.15) is 0 Å². The van der Waals surface area contributed by atoms with Gasteiger partial charge in [-0.3, -0.25) is 4.79 Å². The van der Waals surface area contributed by atoms with Crippen molar-refractivity contribution in [2.75, 3.05) is 13.6 Å². The Hall–Kier alpha value is -0.610. The van der Waals surface area contributed by atoms with E-state index in [-0.39, 0.29) is 5.91 Å². The molecule has 2 aliphatic carbocycles. The largest absolute Gasteiger partial charge is 0.368 e. The Labute approximate surface area is 123 Å². The van der Waals surface area contributed by atoms with Crippen LogP contribution in [0.25, 0.3) is 0 Å². The van der Waals surface area contributed by atoms with Gasteiger partial charge in [0, 0.05) is 18.6 Å². The first kappa shape index (κ1) is 15.8. The van der Waals surface area contributed by atoms with Crippen LogP contribution in [0.3, 0.4) is 0 Å². The molecule has 0 aromatic heterocycles. The van der Waals surface area contributed by atoms with Gasteiger partial charge in [-0.15, -0.1) is 0 Å². The summed E-state index contributed by atoms with van der Waals surface area (Å²) in [5.41, 5.74) is 5.08. The van der Waals surface area contributed by atoms with Crippen LogP contribution < -0.4 is 11.1 Å². The van der Waals surface area contributed by atoms with Crippen LogP contribution in [0.4, 0.5) is 0 Å². The standard InChI is InChI=1S/C16H31N3O/c1-16(15(17)20,18-13-9-10-13)11-12-19(2)14-7-5-3-4-6-8-14/h13-14,18H,3-12H2,1-2H3,(H2,17,20). The smallest absolute Gasteiger partial charge is 0.237 e. The van der Waals surface area contributed by atoms with E-state index in [2.05, 4.69) is 17.3 Å². The van der Waals surface area contributed by atoms with Crippen LogP contribution in [0, 0.1) is 0 Å². The lowest BCUT2D eigenvalue weighted by Crippen LogP contribution is -2.55. The van der Waals surface area contributed by atoms with Crippen molar-refractivity contribution < 1.29 is 4.79 Å². The van der Waals surface area contributed by atoms with Crippen molar-refractivity contribution >= 4 is 5.91 Å². The number of carbonyl (C=O) groups excluding carboxylic acids is 1. The van der Waals surface area contributed by atoms with Crippen LogP contribution in [0.5, 0.6) is 0 Å². The predicted octanol–water partition coefficient (Wildman–Crippen LogP) is 2.03. The molecule has 0 radical (unpaired) electrons. The Balaban J connectivity index is 1.82. The molecule has 2 fully saturated rings. The third-order valence-corrected chi connectivity index (χ3v) is 5.06. The van der Waals surface area contributed by atoms with E-state index in [1.165, 1.54) is 51.4 Å². The number of hydrogen-bond donors (Lipinski definition) is 2. The number of nitrogens with one attached hydrogen (secondary N) is 1. The highest BCUT2D eigenvalue weighted by Gasteiger charge is 2.37. The SMILES string of the molecule is CN(CCC(C)(NC1CC1)C(N)=O)C1CCCCCC1. The molecule has 20 heavy (non-hydrogen) atoms. The quantitative estimate of drug-likeness (QED) is 0.702. The maximum atomic E-state index is 11.8. The Kier molecular flexibility index (Phi) is 5.44. The summed E-state index contributed by atoms with van der Waals surface area (Å²) in [5, 5.41) is 3.44. The lowest BCUT2D eigenvalue weighted by atomic mass is 9.95. The second kappa shape index (κ2) is 6.90. The molecule has 2 aliphatic rings. The van der Waals surface area contributed by atoms with Gasteiger partial charge in [-0.1, -0.05) is 25.7 Å². The number of nitrogens with zero attached hydrogens (tertiary/aromatic N) is 1. The highest BCUT2D eigenvalue weighted by Crippen LogP contribution is 2.25. The first-order valence-electron chi connectivity index (χ1n) is 8.29. The van der Waals surface area contributed by atoms with Gasteiger partial charge in [0.2, 0.25) is 5.91 Å². The monoisotopic (exact) mass is 281 g/mol. The van der Waals surface area contributed by atoms with Gasteiger partial charge in [-0.05, 0) is 46.1 Å². The zero-order chi connectivity index (χ0) is 14.6. The number of primary amides is 1. The molecule has 2 rings (SSSR count). The molecular weight excluding hydrogens is 250 g/mol. The zero-order valence-corrected chi connectivity index (χ0v) is 13.2. The van der Waals surface area contributed by atoms with E-state index in [1.54, 1.807) is 0 Å². The van der Waals surface area contributed by atoms with Crippen molar-refractivity contribution in [3.05, 3.63) is 0 Å². The van der Waals surface area contributed by atoms with Crippen molar-refractivity contribution in [1.82, 2.24) is 10.2 Å². The summed E-state index contributed by atoms with van der Waals surface area (Å²) in [4.78, 5) is 14.2. The molecule has 4 nitrogen and oxygen atoms in total. The maximum absolute atomic E-state index is 11.8. The van der Waals surface area contributed by atoms with E-state index < -0.39 is 5.54 Å². The molecule has 0 aliphatic heterocycles. The third kappa shape index (κ3) is 4.45. The maximum Gasteiger partial charge on any atom is 0.237 e. The fourth-order valence-electron chi connectivity index (χ4n) is 3.23. The summed E-state index contributed by atoms with van der Waals surface area (Å²) >= 11 is 0. The molecule has 1 atom stereocenters. The summed E-state index contributed by atoms with van der Waals surface area (Å²) in [5.74, 6) is -0.210. The summed E-state index contributed by atoms with van der Waals surface area (Å²) in [6.45, 7) is 2.92. The van der Waals surface area contributed by atoms with Crippen molar-refractivity contribution in [2.45, 2.75) is 82.3 Å². The molecule has 4 heteroatoms. The lowest BCUT2D eigenvalue weighted by Gasteiger charge is -2.33. The predicted molar refractivity (Wildman–Crippen MR) is 82.5 cm³/mol. The number of nitrogens with two attached hydrogens (primary N) is 1. The highest BCUT2D eigenvalue weighted by atomic mass is 16.1. The first-order valence-corrected chi connectivity index (χ1v) is 8.29. The highest BCUT2D eigenvalue weighted by molar-refractivity contribution is 5.84. The number of carbonyl (C=O) groups is 1. The third-order valence-electron chi connectivity index (χ3n) is 5.06. The molecule has 0 aromatic carbocycles. The van der Waals surface area contributed by atoms with Gasteiger partial charge in [0.25, 0.3) is 0 Å². The molecule has 0 saturated heterocycles. The second-order valence-electron chi connectivity index (χ2n) is 6.99. The van der Waals surface area contributed by atoms with Crippen molar-refractivity contribution in [2.24, 2.45) is 5.73 Å². The van der Waals surface area contributed by atoms with Gasteiger partial charge in [-0.25, -0.2) is 0 Å². The summed E-state index contributed by atoms with van der Waals surface area (Å²) in [6.07, 6.45) is 11.2. The summed E-state index contributed by atoms with van der Waals surface area (Å²) in [7, 11) is 2.20.